The number of rotatable bonds is 4. The van der Waals surface area contributed by atoms with Crippen molar-refractivity contribution in [3.63, 3.8) is 0 Å². The fraction of sp³-hybridized carbons (Fsp3) is 0.348. The Morgan fingerprint density at radius 1 is 1.33 bits per heavy atom. The van der Waals surface area contributed by atoms with Gasteiger partial charge in [0.25, 0.3) is 0 Å². The Balaban J connectivity index is 2.00. The summed E-state index contributed by atoms with van der Waals surface area (Å²) in [7, 11) is 5.14. The number of carbonyl (C=O) groups is 2. The van der Waals surface area contributed by atoms with Gasteiger partial charge in [0.15, 0.2) is 0 Å². The molecule has 1 aromatic carbocycles. The number of hydrogen-bond acceptors (Lipinski definition) is 5. The number of anilines is 2. The number of aryl methyl sites for hydroxylation is 1. The highest BCUT2D eigenvalue weighted by Gasteiger charge is 2.45. The van der Waals surface area contributed by atoms with Crippen molar-refractivity contribution in [2.75, 3.05) is 26.1 Å². The van der Waals surface area contributed by atoms with Crippen molar-refractivity contribution >= 4 is 45.9 Å². The molecule has 0 radical (unpaired) electrons. The monoisotopic (exact) mass is 423 g/mol. The average molecular weight is 424 g/mol. The Kier molecular flexibility index (Phi) is 5.47. The average Bonchev–Trinajstić information content (AvgIpc) is 3.12. The molecule has 0 fully saturated rings. The molecule has 7 heteroatoms. The van der Waals surface area contributed by atoms with E-state index >= 15 is 0 Å². The summed E-state index contributed by atoms with van der Waals surface area (Å²) >= 11 is 1.29. The molecule has 2 atom stereocenters. The summed E-state index contributed by atoms with van der Waals surface area (Å²) in [6, 6.07) is 7.83. The highest BCUT2D eigenvalue weighted by molar-refractivity contribution is 7.19. The second kappa shape index (κ2) is 8.07. The molecule has 2 aromatic rings. The van der Waals surface area contributed by atoms with Gasteiger partial charge in [0, 0.05) is 25.6 Å². The number of carbonyl (C=O) groups excluding carboxylic acids is 2. The van der Waals surface area contributed by atoms with E-state index in [1.165, 1.54) is 18.4 Å². The zero-order valence-corrected chi connectivity index (χ0v) is 18.4. The van der Waals surface area contributed by atoms with Crippen LogP contribution in [-0.2, 0) is 9.53 Å². The first-order valence-corrected chi connectivity index (χ1v) is 10.8. The highest BCUT2D eigenvalue weighted by Crippen LogP contribution is 2.56. The van der Waals surface area contributed by atoms with Crippen molar-refractivity contribution < 1.29 is 14.3 Å². The molecule has 30 heavy (non-hydrogen) atoms. The number of benzene rings is 1. The predicted octanol–water partition coefficient (Wildman–Crippen LogP) is 4.79. The fourth-order valence-corrected chi connectivity index (χ4v) is 5.42. The standard InChI is InChI=1S/C23H25N3O3S/c1-14-9-5-8-12-17(14)26-21(27)16-11-7-6-10-15(16)18-19(24-13-25(2)3)20(23(28)29-4)30-22(18)26/h5,7-9,11-13,15-16H,6,10H2,1-4H3. The first kappa shape index (κ1) is 20.3. The maximum Gasteiger partial charge on any atom is 0.350 e. The Morgan fingerprint density at radius 3 is 2.80 bits per heavy atom. The molecule has 2 aliphatic rings. The van der Waals surface area contributed by atoms with E-state index in [0.717, 1.165) is 34.7 Å². The third kappa shape index (κ3) is 3.33. The summed E-state index contributed by atoms with van der Waals surface area (Å²) in [6.45, 7) is 1.99. The molecule has 0 bridgehead atoms. The molecule has 4 rings (SSSR count). The Morgan fingerprint density at radius 2 is 2.10 bits per heavy atom. The number of amides is 1. The predicted molar refractivity (Wildman–Crippen MR) is 120 cm³/mol. The molecule has 2 unspecified atom stereocenters. The lowest BCUT2D eigenvalue weighted by Gasteiger charge is -2.38. The van der Waals surface area contributed by atoms with E-state index in [9.17, 15) is 9.59 Å². The van der Waals surface area contributed by atoms with Crippen LogP contribution < -0.4 is 4.90 Å². The highest BCUT2D eigenvalue weighted by atomic mass is 32.1. The molecule has 1 aromatic heterocycles. The summed E-state index contributed by atoms with van der Waals surface area (Å²) in [5.74, 6) is -0.653. The first-order chi connectivity index (χ1) is 14.4. The third-order valence-electron chi connectivity index (χ3n) is 5.54. The van der Waals surface area contributed by atoms with Gasteiger partial charge in [-0.3, -0.25) is 9.69 Å². The van der Waals surface area contributed by atoms with Crippen LogP contribution in [-0.4, -0.2) is 44.3 Å². The molecule has 0 spiro atoms. The normalized spacial score (nSPS) is 20.3. The summed E-state index contributed by atoms with van der Waals surface area (Å²) in [4.78, 5) is 34.9. The summed E-state index contributed by atoms with van der Waals surface area (Å²) < 4.78 is 5.06. The molecule has 6 nitrogen and oxygen atoms in total. The number of fused-ring (bicyclic) bond motifs is 3. The van der Waals surface area contributed by atoms with Crippen LogP contribution in [0, 0.1) is 12.8 Å². The molecule has 0 N–H and O–H groups in total. The lowest BCUT2D eigenvalue weighted by atomic mass is 9.76. The summed E-state index contributed by atoms with van der Waals surface area (Å²) in [6.07, 6.45) is 7.54. The number of ether oxygens (including phenoxy) is 1. The van der Waals surface area contributed by atoms with E-state index in [0.29, 0.717) is 10.6 Å². The lowest BCUT2D eigenvalue weighted by Crippen LogP contribution is -2.40. The maximum absolute atomic E-state index is 13.6. The van der Waals surface area contributed by atoms with Crippen LogP contribution in [0.5, 0.6) is 0 Å². The molecular weight excluding hydrogens is 398 g/mol. The summed E-state index contributed by atoms with van der Waals surface area (Å²) in [5, 5.41) is 0.775. The molecule has 2 heterocycles. The number of hydrogen-bond donors (Lipinski definition) is 0. The van der Waals surface area contributed by atoms with Crippen molar-refractivity contribution in [1.82, 2.24) is 4.90 Å². The van der Waals surface area contributed by atoms with E-state index in [-0.39, 0.29) is 17.7 Å². The van der Waals surface area contributed by atoms with Gasteiger partial charge in [0.05, 0.1) is 30.7 Å². The van der Waals surface area contributed by atoms with Crippen LogP contribution in [0.25, 0.3) is 0 Å². The van der Waals surface area contributed by atoms with Crippen LogP contribution >= 0.6 is 11.3 Å². The topological polar surface area (TPSA) is 62.2 Å². The molecule has 156 valence electrons. The number of allylic oxidation sites excluding steroid dienone is 1. The van der Waals surface area contributed by atoms with Crippen LogP contribution in [0.2, 0.25) is 0 Å². The van der Waals surface area contributed by atoms with Crippen molar-refractivity contribution in [3.8, 4) is 0 Å². The molecule has 1 amide bonds. The SMILES string of the molecule is COC(=O)c1sc2c(c1N=CN(C)C)C1CCC=CC1C(=O)N2c1ccccc1C. The first-order valence-electron chi connectivity index (χ1n) is 9.96. The molecule has 0 saturated heterocycles. The second-order valence-electron chi connectivity index (χ2n) is 7.80. The van der Waals surface area contributed by atoms with E-state index in [1.54, 1.807) is 11.2 Å². The smallest absolute Gasteiger partial charge is 0.350 e. The summed E-state index contributed by atoms with van der Waals surface area (Å²) in [5.41, 5.74) is 3.42. The number of methoxy groups -OCH3 is 1. The van der Waals surface area contributed by atoms with Gasteiger partial charge in [-0.15, -0.1) is 11.3 Å². The van der Waals surface area contributed by atoms with Crippen molar-refractivity contribution in [2.24, 2.45) is 10.9 Å². The number of thiophene rings is 1. The maximum atomic E-state index is 13.6. The van der Waals surface area contributed by atoms with Gasteiger partial charge in [0.1, 0.15) is 9.88 Å². The Bertz CT molecular complexity index is 1050. The minimum Gasteiger partial charge on any atom is -0.465 e. The van der Waals surface area contributed by atoms with Crippen molar-refractivity contribution in [3.05, 3.63) is 52.4 Å². The lowest BCUT2D eigenvalue weighted by molar-refractivity contribution is -0.121. The van der Waals surface area contributed by atoms with E-state index in [1.807, 2.05) is 56.3 Å². The van der Waals surface area contributed by atoms with Gasteiger partial charge in [-0.2, -0.15) is 0 Å². The minimum atomic E-state index is -0.430. The second-order valence-corrected chi connectivity index (χ2v) is 8.80. The van der Waals surface area contributed by atoms with Gasteiger partial charge in [0.2, 0.25) is 5.91 Å². The van der Waals surface area contributed by atoms with E-state index < -0.39 is 5.97 Å². The zero-order valence-electron chi connectivity index (χ0n) is 17.6. The van der Waals surface area contributed by atoms with E-state index in [2.05, 4.69) is 11.1 Å². The van der Waals surface area contributed by atoms with Gasteiger partial charge >= 0.3 is 5.97 Å². The number of aliphatic imine (C=N–C) groups is 1. The van der Waals surface area contributed by atoms with Crippen LogP contribution in [0.1, 0.15) is 39.6 Å². The molecule has 1 aliphatic heterocycles. The van der Waals surface area contributed by atoms with E-state index in [4.69, 9.17) is 4.74 Å². The minimum absolute atomic E-state index is 0.00161. The van der Waals surface area contributed by atoms with Crippen LogP contribution in [0.3, 0.4) is 0 Å². The Labute approximate surface area is 180 Å². The quantitative estimate of drug-likeness (QED) is 0.307. The van der Waals surface area contributed by atoms with Gasteiger partial charge in [-0.05, 0) is 31.4 Å². The largest absolute Gasteiger partial charge is 0.465 e. The van der Waals surface area contributed by atoms with Crippen LogP contribution in [0.4, 0.5) is 16.4 Å². The van der Waals surface area contributed by atoms with Crippen LogP contribution in [0.15, 0.2) is 41.4 Å². The van der Waals surface area contributed by atoms with Crippen molar-refractivity contribution in [1.29, 1.82) is 0 Å². The molecule has 1 aliphatic carbocycles. The molecule has 0 saturated carbocycles. The van der Waals surface area contributed by atoms with Gasteiger partial charge in [-0.25, -0.2) is 9.79 Å². The fourth-order valence-electron chi connectivity index (χ4n) is 4.16. The number of nitrogens with zero attached hydrogens (tertiary/aromatic N) is 3. The Hall–Kier alpha value is -2.93. The number of para-hydroxylation sites is 1. The number of esters is 1. The zero-order chi connectivity index (χ0) is 21.4. The molecular formula is C23H25N3O3S. The van der Waals surface area contributed by atoms with Gasteiger partial charge < -0.3 is 9.64 Å². The third-order valence-corrected chi connectivity index (χ3v) is 6.70. The van der Waals surface area contributed by atoms with Crippen molar-refractivity contribution in [2.45, 2.75) is 25.7 Å². The van der Waals surface area contributed by atoms with Gasteiger partial charge in [-0.1, -0.05) is 30.4 Å².